The molecule has 2 aromatic heterocycles. The van der Waals surface area contributed by atoms with Crippen molar-refractivity contribution in [1.29, 1.82) is 0 Å². The van der Waals surface area contributed by atoms with Crippen molar-refractivity contribution in [2.75, 3.05) is 13.1 Å². The van der Waals surface area contributed by atoms with Crippen LogP contribution in [0.15, 0.2) is 21.8 Å². The molecule has 3 heterocycles. The van der Waals surface area contributed by atoms with Gasteiger partial charge in [0.1, 0.15) is 16.4 Å². The van der Waals surface area contributed by atoms with Crippen LogP contribution >= 0.6 is 0 Å². The Balaban J connectivity index is 1.79. The lowest BCUT2D eigenvalue weighted by Crippen LogP contribution is -2.41. The van der Waals surface area contributed by atoms with Gasteiger partial charge in [-0.25, -0.2) is 13.4 Å². The van der Waals surface area contributed by atoms with Crippen LogP contribution in [-0.4, -0.2) is 40.5 Å². The van der Waals surface area contributed by atoms with E-state index in [1.165, 1.54) is 0 Å². The van der Waals surface area contributed by atoms with Gasteiger partial charge < -0.3 is 9.09 Å². The summed E-state index contributed by atoms with van der Waals surface area (Å²) in [6, 6.07) is 0. The van der Waals surface area contributed by atoms with Crippen LogP contribution in [-0.2, 0) is 23.5 Å². The number of piperidine rings is 1. The monoisotopic (exact) mass is 338 g/mol. The van der Waals surface area contributed by atoms with Gasteiger partial charge in [0.2, 0.25) is 10.0 Å². The van der Waals surface area contributed by atoms with Crippen molar-refractivity contribution in [3.63, 3.8) is 0 Å². The molecule has 23 heavy (non-hydrogen) atoms. The lowest BCUT2D eigenvalue weighted by atomic mass is 9.96. The summed E-state index contributed by atoms with van der Waals surface area (Å²) in [6.07, 6.45) is 6.35. The summed E-state index contributed by atoms with van der Waals surface area (Å²) in [5.41, 5.74) is 0.425. The first-order valence-corrected chi connectivity index (χ1v) is 9.23. The molecule has 7 nitrogen and oxygen atoms in total. The molecule has 1 fully saturated rings. The highest BCUT2D eigenvalue weighted by molar-refractivity contribution is 7.89. The van der Waals surface area contributed by atoms with Crippen molar-refractivity contribution in [2.45, 2.75) is 38.0 Å². The van der Waals surface area contributed by atoms with Gasteiger partial charge in [0, 0.05) is 39.0 Å². The molecule has 3 rings (SSSR count). The molecule has 8 heteroatoms. The highest BCUT2D eigenvalue weighted by atomic mass is 32.2. The fourth-order valence-electron chi connectivity index (χ4n) is 3.24. The smallest absolute Gasteiger partial charge is 0.248 e. The summed E-state index contributed by atoms with van der Waals surface area (Å²) in [7, 11) is -1.59. The zero-order chi connectivity index (χ0) is 16.6. The predicted molar refractivity (Wildman–Crippen MR) is 84.4 cm³/mol. The first-order valence-electron chi connectivity index (χ1n) is 7.79. The van der Waals surface area contributed by atoms with E-state index in [4.69, 9.17) is 4.52 Å². The van der Waals surface area contributed by atoms with Crippen molar-refractivity contribution in [3.8, 4) is 0 Å². The van der Waals surface area contributed by atoms with E-state index >= 15 is 0 Å². The van der Waals surface area contributed by atoms with Gasteiger partial charge in [-0.2, -0.15) is 4.31 Å². The number of aryl methyl sites for hydroxylation is 3. The molecule has 2 aromatic rings. The zero-order valence-electron chi connectivity index (χ0n) is 13.7. The van der Waals surface area contributed by atoms with Gasteiger partial charge in [-0.15, -0.1) is 0 Å². The van der Waals surface area contributed by atoms with E-state index in [-0.39, 0.29) is 10.8 Å². The summed E-state index contributed by atoms with van der Waals surface area (Å²) >= 11 is 0. The Morgan fingerprint density at radius 1 is 1.39 bits per heavy atom. The molecular formula is C15H22N4O3S. The second kappa shape index (κ2) is 6.09. The first kappa shape index (κ1) is 16.2. The molecule has 0 bridgehead atoms. The lowest BCUT2D eigenvalue weighted by molar-refractivity contribution is 0.261. The number of imidazole rings is 1. The van der Waals surface area contributed by atoms with Crippen LogP contribution in [0.25, 0.3) is 0 Å². The Labute approximate surface area is 136 Å². The molecule has 1 aliphatic rings. The van der Waals surface area contributed by atoms with Crippen molar-refractivity contribution >= 4 is 10.0 Å². The Bertz CT molecular complexity index is 774. The molecule has 0 radical (unpaired) electrons. The second-order valence-electron chi connectivity index (χ2n) is 6.18. The van der Waals surface area contributed by atoms with E-state index in [1.807, 2.05) is 17.8 Å². The Hall–Kier alpha value is -1.67. The van der Waals surface area contributed by atoms with Crippen LogP contribution in [0.5, 0.6) is 0 Å². The van der Waals surface area contributed by atoms with Gasteiger partial charge >= 0.3 is 0 Å². The van der Waals surface area contributed by atoms with Gasteiger partial charge in [0.05, 0.1) is 0 Å². The van der Waals surface area contributed by atoms with Gasteiger partial charge in [-0.3, -0.25) is 0 Å². The second-order valence-corrected chi connectivity index (χ2v) is 8.06. The van der Waals surface area contributed by atoms with E-state index < -0.39 is 10.0 Å². The molecule has 0 unspecified atom stereocenters. The average Bonchev–Trinajstić information content (AvgIpc) is 3.06. The van der Waals surface area contributed by atoms with Gasteiger partial charge in [-0.1, -0.05) is 5.16 Å². The summed E-state index contributed by atoms with van der Waals surface area (Å²) in [5.74, 6) is 1.63. The quantitative estimate of drug-likeness (QED) is 0.847. The first-order chi connectivity index (χ1) is 10.9. The van der Waals surface area contributed by atoms with Crippen LogP contribution in [0, 0.1) is 19.8 Å². The van der Waals surface area contributed by atoms with Crippen molar-refractivity contribution in [2.24, 2.45) is 13.0 Å². The topological polar surface area (TPSA) is 81.2 Å². The molecule has 0 N–H and O–H groups in total. The molecule has 1 aliphatic heterocycles. The fraction of sp³-hybridized carbons (Fsp3) is 0.600. The molecule has 0 saturated carbocycles. The number of hydrogen-bond donors (Lipinski definition) is 0. The van der Waals surface area contributed by atoms with Gasteiger partial charge in [0.15, 0.2) is 5.76 Å². The maximum atomic E-state index is 12.9. The minimum atomic E-state index is -3.55. The highest BCUT2D eigenvalue weighted by Crippen LogP contribution is 2.28. The average molecular weight is 338 g/mol. The third kappa shape index (κ3) is 3.05. The molecule has 0 aromatic carbocycles. The summed E-state index contributed by atoms with van der Waals surface area (Å²) in [6.45, 7) is 4.36. The molecule has 1 atom stereocenters. The van der Waals surface area contributed by atoms with E-state index in [2.05, 4.69) is 10.1 Å². The molecule has 126 valence electrons. The largest absolute Gasteiger partial charge is 0.360 e. The third-order valence-electron chi connectivity index (χ3n) is 4.44. The Morgan fingerprint density at radius 2 is 2.17 bits per heavy atom. The van der Waals surface area contributed by atoms with Gasteiger partial charge in [-0.05, 0) is 32.6 Å². The van der Waals surface area contributed by atoms with Crippen molar-refractivity contribution in [3.05, 3.63) is 29.7 Å². The lowest BCUT2D eigenvalue weighted by Gasteiger charge is -2.31. The molecular weight excluding hydrogens is 316 g/mol. The minimum Gasteiger partial charge on any atom is -0.360 e. The van der Waals surface area contributed by atoms with E-state index in [1.54, 1.807) is 24.3 Å². The maximum absolute atomic E-state index is 12.9. The van der Waals surface area contributed by atoms with Crippen LogP contribution in [0.4, 0.5) is 0 Å². The fourth-order valence-corrected chi connectivity index (χ4v) is 5.08. The number of rotatable bonds is 4. The molecule has 0 aliphatic carbocycles. The van der Waals surface area contributed by atoms with Crippen LogP contribution < -0.4 is 0 Å². The third-order valence-corrected chi connectivity index (χ3v) is 6.55. The van der Waals surface area contributed by atoms with Crippen LogP contribution in [0.3, 0.4) is 0 Å². The molecule has 0 amide bonds. The minimum absolute atomic E-state index is 0.218. The number of aromatic nitrogens is 3. The van der Waals surface area contributed by atoms with Crippen LogP contribution in [0.1, 0.15) is 30.1 Å². The number of sulfonamides is 1. The highest BCUT2D eigenvalue weighted by Gasteiger charge is 2.34. The van der Waals surface area contributed by atoms with Crippen molar-refractivity contribution < 1.29 is 12.9 Å². The predicted octanol–water partition coefficient (Wildman–Crippen LogP) is 1.67. The standard InChI is InChI=1S/C15H22N4O3S/c1-11-15(12(2)22-17-11)23(20,21)19-7-4-5-13(10-19)9-14-16-6-8-18(14)3/h6,8,13H,4-5,7,9-10H2,1-3H3/t13-/m1/s1. The summed E-state index contributed by atoms with van der Waals surface area (Å²) < 4.78 is 34.4. The Morgan fingerprint density at radius 3 is 2.78 bits per heavy atom. The summed E-state index contributed by atoms with van der Waals surface area (Å²) in [5, 5.41) is 3.77. The number of hydrogen-bond acceptors (Lipinski definition) is 5. The zero-order valence-corrected chi connectivity index (χ0v) is 14.5. The number of nitrogens with zero attached hydrogens (tertiary/aromatic N) is 4. The SMILES string of the molecule is Cc1noc(C)c1S(=O)(=O)N1CCC[C@H](Cc2nccn2C)C1. The Kier molecular flexibility index (Phi) is 4.29. The van der Waals surface area contributed by atoms with Crippen molar-refractivity contribution in [1.82, 2.24) is 19.0 Å². The van der Waals surface area contributed by atoms with E-state index in [0.717, 1.165) is 25.1 Å². The normalized spacial score (nSPS) is 20.0. The van der Waals surface area contributed by atoms with Crippen LogP contribution in [0.2, 0.25) is 0 Å². The van der Waals surface area contributed by atoms with E-state index in [9.17, 15) is 8.42 Å². The summed E-state index contributed by atoms with van der Waals surface area (Å²) in [4.78, 5) is 4.56. The molecule has 0 spiro atoms. The maximum Gasteiger partial charge on any atom is 0.248 e. The van der Waals surface area contributed by atoms with E-state index in [0.29, 0.717) is 24.5 Å². The molecule has 1 saturated heterocycles. The van der Waals surface area contributed by atoms with Gasteiger partial charge in [0.25, 0.3) is 0 Å².